The number of thioether (sulfide) groups is 1. The quantitative estimate of drug-likeness (QED) is 0.713. The standard InChI is InChI=1S/C20H17FN2O5S2/c21-13-3-1-12(2-4-13)7-19(24)22-20-23(15-9-30(25,26)10-18(15)29-20)14-5-6-16-17(8-14)28-11-27-16/h1-6,8,15,18H,7,9-11H2/t15-,18-/m0/s1. The molecule has 3 aliphatic heterocycles. The molecule has 2 aromatic rings. The summed E-state index contributed by atoms with van der Waals surface area (Å²) in [5.74, 6) is 0.495. The molecule has 2 fully saturated rings. The van der Waals surface area contributed by atoms with Gasteiger partial charge in [-0.05, 0) is 29.8 Å². The number of anilines is 1. The first kappa shape index (κ1) is 19.4. The molecule has 0 N–H and O–H groups in total. The zero-order valence-corrected chi connectivity index (χ0v) is 17.3. The van der Waals surface area contributed by atoms with E-state index in [9.17, 15) is 17.6 Å². The summed E-state index contributed by atoms with van der Waals surface area (Å²) in [5.41, 5.74) is 1.36. The molecule has 7 nitrogen and oxygen atoms in total. The summed E-state index contributed by atoms with van der Waals surface area (Å²) >= 11 is 1.30. The minimum Gasteiger partial charge on any atom is -0.454 e. The molecule has 0 radical (unpaired) electrons. The van der Waals surface area contributed by atoms with Crippen LogP contribution in [0.2, 0.25) is 0 Å². The van der Waals surface area contributed by atoms with E-state index in [1.165, 1.54) is 23.9 Å². The fourth-order valence-electron chi connectivity index (χ4n) is 3.82. The number of hydrogen-bond acceptors (Lipinski definition) is 6. The van der Waals surface area contributed by atoms with Gasteiger partial charge in [-0.1, -0.05) is 23.9 Å². The van der Waals surface area contributed by atoms with Crippen molar-refractivity contribution >= 4 is 38.4 Å². The first-order chi connectivity index (χ1) is 14.4. The van der Waals surface area contributed by atoms with E-state index >= 15 is 0 Å². The Bertz CT molecular complexity index is 1150. The molecule has 1 amide bonds. The normalized spacial score (nSPS) is 25.0. The van der Waals surface area contributed by atoms with Gasteiger partial charge in [-0.25, -0.2) is 12.8 Å². The van der Waals surface area contributed by atoms with E-state index in [0.717, 1.165) is 0 Å². The van der Waals surface area contributed by atoms with E-state index in [-0.39, 0.29) is 47.7 Å². The second-order valence-corrected chi connectivity index (χ2v) is 10.7. The van der Waals surface area contributed by atoms with Crippen LogP contribution in [0.15, 0.2) is 47.5 Å². The summed E-state index contributed by atoms with van der Waals surface area (Å²) in [7, 11) is -3.16. The Labute approximate surface area is 176 Å². The van der Waals surface area contributed by atoms with Crippen LogP contribution in [0.5, 0.6) is 11.5 Å². The highest BCUT2D eigenvalue weighted by Crippen LogP contribution is 2.43. The number of amidine groups is 1. The number of carbonyl (C=O) groups excluding carboxylic acids is 1. The van der Waals surface area contributed by atoms with Crippen LogP contribution in [0.4, 0.5) is 10.1 Å². The maximum Gasteiger partial charge on any atom is 0.252 e. The number of fused-ring (bicyclic) bond motifs is 2. The number of nitrogens with zero attached hydrogens (tertiary/aromatic N) is 2. The number of carbonyl (C=O) groups is 1. The van der Waals surface area contributed by atoms with Crippen LogP contribution in [0.25, 0.3) is 0 Å². The van der Waals surface area contributed by atoms with Gasteiger partial charge in [0.2, 0.25) is 6.79 Å². The minimum absolute atomic E-state index is 0.00425. The lowest BCUT2D eigenvalue weighted by Gasteiger charge is -2.24. The van der Waals surface area contributed by atoms with Crippen LogP contribution in [0.1, 0.15) is 5.56 Å². The maximum absolute atomic E-state index is 13.1. The van der Waals surface area contributed by atoms with Gasteiger partial charge in [0, 0.05) is 17.0 Å². The molecular weight excluding hydrogens is 431 g/mol. The fourth-order valence-corrected chi connectivity index (χ4v) is 7.76. The van der Waals surface area contributed by atoms with Gasteiger partial charge in [-0.2, -0.15) is 4.99 Å². The zero-order chi connectivity index (χ0) is 20.9. The van der Waals surface area contributed by atoms with Crippen molar-refractivity contribution < 1.29 is 27.1 Å². The van der Waals surface area contributed by atoms with E-state index in [0.29, 0.717) is 27.9 Å². The van der Waals surface area contributed by atoms with Crippen LogP contribution in [-0.4, -0.2) is 49.1 Å². The lowest BCUT2D eigenvalue weighted by Crippen LogP contribution is -2.37. The second-order valence-electron chi connectivity index (χ2n) is 7.30. The molecule has 0 spiro atoms. The van der Waals surface area contributed by atoms with Crippen LogP contribution in [0, 0.1) is 5.82 Å². The van der Waals surface area contributed by atoms with Crippen molar-refractivity contribution in [3.63, 3.8) is 0 Å². The average Bonchev–Trinajstić information content (AvgIpc) is 3.34. The van der Waals surface area contributed by atoms with Crippen LogP contribution in [0.3, 0.4) is 0 Å². The SMILES string of the molecule is O=C(Cc1ccc(F)cc1)N=C1S[C@H]2CS(=O)(=O)C[C@@H]2N1c1ccc2c(c1)OCO2. The fraction of sp³-hybridized carbons (Fsp3) is 0.300. The molecule has 5 rings (SSSR count). The summed E-state index contributed by atoms with van der Waals surface area (Å²) in [6.07, 6.45) is 0.0347. The predicted octanol–water partition coefficient (Wildman–Crippen LogP) is 2.40. The molecule has 0 unspecified atom stereocenters. The molecule has 0 aliphatic carbocycles. The molecule has 2 aromatic carbocycles. The van der Waals surface area contributed by atoms with Gasteiger partial charge in [0.15, 0.2) is 26.5 Å². The van der Waals surface area contributed by atoms with E-state index in [1.807, 2.05) is 4.90 Å². The van der Waals surface area contributed by atoms with Gasteiger partial charge < -0.3 is 14.4 Å². The molecule has 10 heteroatoms. The molecule has 2 atom stereocenters. The number of sulfone groups is 1. The molecule has 0 bridgehead atoms. The number of amides is 1. The maximum atomic E-state index is 13.1. The van der Waals surface area contributed by atoms with Gasteiger partial charge in [-0.3, -0.25) is 4.79 Å². The third-order valence-corrected chi connectivity index (χ3v) is 8.40. The average molecular weight is 448 g/mol. The van der Waals surface area contributed by atoms with Crippen LogP contribution in [-0.2, 0) is 21.1 Å². The lowest BCUT2D eigenvalue weighted by atomic mass is 10.1. The summed E-state index contributed by atoms with van der Waals surface area (Å²) in [5, 5.41) is 0.267. The van der Waals surface area contributed by atoms with Gasteiger partial charge in [0.25, 0.3) is 5.91 Å². The van der Waals surface area contributed by atoms with E-state index in [1.54, 1.807) is 30.3 Å². The van der Waals surface area contributed by atoms with E-state index in [4.69, 9.17) is 9.47 Å². The highest BCUT2D eigenvalue weighted by molar-refractivity contribution is 8.16. The number of rotatable bonds is 3. The number of halogens is 1. The summed E-state index contributed by atoms with van der Waals surface area (Å²) in [6, 6.07) is 10.7. The van der Waals surface area contributed by atoms with Crippen molar-refractivity contribution in [1.82, 2.24) is 0 Å². The Morgan fingerprint density at radius 3 is 2.70 bits per heavy atom. The Balaban J connectivity index is 1.46. The number of benzene rings is 2. The lowest BCUT2D eigenvalue weighted by molar-refractivity contribution is -0.117. The molecule has 3 aliphatic rings. The first-order valence-electron chi connectivity index (χ1n) is 9.30. The highest BCUT2D eigenvalue weighted by atomic mass is 32.2. The second kappa shape index (κ2) is 7.28. The molecule has 0 saturated carbocycles. The highest BCUT2D eigenvalue weighted by Gasteiger charge is 2.49. The Morgan fingerprint density at radius 1 is 1.13 bits per heavy atom. The van der Waals surface area contributed by atoms with Crippen molar-refractivity contribution in [2.45, 2.75) is 17.7 Å². The number of hydrogen-bond donors (Lipinski definition) is 0. The van der Waals surface area contributed by atoms with Gasteiger partial charge >= 0.3 is 0 Å². The largest absolute Gasteiger partial charge is 0.454 e. The Kier molecular flexibility index (Phi) is 4.70. The van der Waals surface area contributed by atoms with Gasteiger partial charge in [0.1, 0.15) is 5.82 Å². The molecule has 3 heterocycles. The Morgan fingerprint density at radius 2 is 1.90 bits per heavy atom. The summed E-state index contributed by atoms with van der Waals surface area (Å²) < 4.78 is 48.2. The molecular formula is C20H17FN2O5S2. The molecule has 30 heavy (non-hydrogen) atoms. The minimum atomic E-state index is -3.16. The Hall–Kier alpha value is -2.59. The van der Waals surface area contributed by atoms with Gasteiger partial charge in [-0.15, -0.1) is 0 Å². The molecule has 2 saturated heterocycles. The van der Waals surface area contributed by atoms with Crippen molar-refractivity contribution in [1.29, 1.82) is 0 Å². The van der Waals surface area contributed by atoms with Crippen molar-refractivity contribution in [2.24, 2.45) is 4.99 Å². The third kappa shape index (κ3) is 3.65. The van der Waals surface area contributed by atoms with Crippen molar-refractivity contribution in [3.8, 4) is 11.5 Å². The smallest absolute Gasteiger partial charge is 0.252 e. The van der Waals surface area contributed by atoms with Gasteiger partial charge in [0.05, 0.1) is 24.0 Å². The third-order valence-electron chi connectivity index (χ3n) is 5.19. The van der Waals surface area contributed by atoms with Crippen molar-refractivity contribution in [3.05, 3.63) is 53.8 Å². The zero-order valence-electron chi connectivity index (χ0n) is 15.7. The van der Waals surface area contributed by atoms with E-state index in [2.05, 4.69) is 4.99 Å². The molecule has 0 aromatic heterocycles. The van der Waals surface area contributed by atoms with Crippen LogP contribution < -0.4 is 14.4 Å². The summed E-state index contributed by atoms with van der Waals surface area (Å²) in [6.45, 7) is 0.130. The number of ether oxygens (including phenoxy) is 2. The topological polar surface area (TPSA) is 85.3 Å². The predicted molar refractivity (Wildman–Crippen MR) is 111 cm³/mol. The van der Waals surface area contributed by atoms with Crippen molar-refractivity contribution in [2.75, 3.05) is 23.2 Å². The monoisotopic (exact) mass is 448 g/mol. The molecule has 156 valence electrons. The van der Waals surface area contributed by atoms with E-state index < -0.39 is 9.84 Å². The summed E-state index contributed by atoms with van der Waals surface area (Å²) in [4.78, 5) is 18.7. The first-order valence-corrected chi connectivity index (χ1v) is 12.0. The number of aliphatic imine (C=N–C) groups is 1. The van der Waals surface area contributed by atoms with Crippen LogP contribution >= 0.6 is 11.8 Å².